The zero-order valence-electron chi connectivity index (χ0n) is 10.2. The molecule has 0 fully saturated rings. The fraction of sp³-hybridized carbons (Fsp3) is 0.385. The number of thiazole rings is 1. The van der Waals surface area contributed by atoms with E-state index in [2.05, 4.69) is 16.9 Å². The summed E-state index contributed by atoms with van der Waals surface area (Å²) < 4.78 is 0. The molecule has 0 aliphatic rings. The van der Waals surface area contributed by atoms with E-state index in [9.17, 15) is 0 Å². The second kappa shape index (κ2) is 5.38. The van der Waals surface area contributed by atoms with Crippen LogP contribution < -0.4 is 5.73 Å². The normalized spacial score (nSPS) is 12.6. The van der Waals surface area contributed by atoms with Gasteiger partial charge in [0.15, 0.2) is 0 Å². The highest BCUT2D eigenvalue weighted by atomic mass is 32.1. The van der Waals surface area contributed by atoms with E-state index < -0.39 is 0 Å². The fourth-order valence-corrected chi connectivity index (χ4v) is 2.87. The molecule has 4 heteroatoms. The minimum atomic E-state index is 0.447. The van der Waals surface area contributed by atoms with E-state index in [-0.39, 0.29) is 0 Å². The van der Waals surface area contributed by atoms with Gasteiger partial charge in [0.05, 0.1) is 10.7 Å². The minimum Gasteiger partial charge on any atom is -0.330 e. The van der Waals surface area contributed by atoms with Gasteiger partial charge in [0.2, 0.25) is 0 Å². The number of nitrogens with two attached hydrogens (primary N) is 1. The van der Waals surface area contributed by atoms with Crippen LogP contribution in [-0.4, -0.2) is 16.5 Å². The zero-order chi connectivity index (χ0) is 12.3. The molecule has 1 atom stereocenters. The number of aromatic nitrogens is 2. The van der Waals surface area contributed by atoms with Gasteiger partial charge in [-0.05, 0) is 37.9 Å². The van der Waals surface area contributed by atoms with E-state index >= 15 is 0 Å². The molecule has 90 valence electrons. The van der Waals surface area contributed by atoms with Gasteiger partial charge >= 0.3 is 0 Å². The van der Waals surface area contributed by atoms with Crippen LogP contribution in [0.25, 0.3) is 11.4 Å². The number of pyridine rings is 1. The molecule has 2 heterocycles. The summed E-state index contributed by atoms with van der Waals surface area (Å²) in [6.45, 7) is 4.95. The van der Waals surface area contributed by atoms with Crippen LogP contribution in [0.3, 0.4) is 0 Å². The third-order valence-electron chi connectivity index (χ3n) is 2.72. The van der Waals surface area contributed by atoms with Crippen molar-refractivity contribution < 1.29 is 0 Å². The largest absolute Gasteiger partial charge is 0.330 e. The predicted molar refractivity (Wildman–Crippen MR) is 72.2 cm³/mol. The quantitative estimate of drug-likeness (QED) is 0.903. The second-order valence-electron chi connectivity index (χ2n) is 4.14. The average Bonchev–Trinajstić information content (AvgIpc) is 2.73. The van der Waals surface area contributed by atoms with Crippen molar-refractivity contribution in [3.05, 3.63) is 34.3 Å². The first-order chi connectivity index (χ1) is 8.22. The first-order valence-electron chi connectivity index (χ1n) is 5.81. The number of hydrogen-bond acceptors (Lipinski definition) is 4. The summed E-state index contributed by atoms with van der Waals surface area (Å²) in [5, 5.41) is 1.09. The molecule has 0 bridgehead atoms. The molecule has 0 amide bonds. The Bertz CT molecular complexity index is 479. The van der Waals surface area contributed by atoms with Gasteiger partial charge in [-0.1, -0.05) is 13.0 Å². The highest BCUT2D eigenvalue weighted by Crippen LogP contribution is 2.34. The topological polar surface area (TPSA) is 51.8 Å². The molecule has 0 saturated heterocycles. The molecule has 0 aliphatic heterocycles. The lowest BCUT2D eigenvalue weighted by Crippen LogP contribution is -2.04. The van der Waals surface area contributed by atoms with Crippen LogP contribution in [0.15, 0.2) is 24.4 Å². The van der Waals surface area contributed by atoms with E-state index in [4.69, 9.17) is 5.73 Å². The lowest BCUT2D eigenvalue weighted by atomic mass is 10.0. The summed E-state index contributed by atoms with van der Waals surface area (Å²) in [7, 11) is 0. The molecular weight excluding hydrogens is 230 g/mol. The van der Waals surface area contributed by atoms with E-state index in [1.54, 1.807) is 17.5 Å². The van der Waals surface area contributed by atoms with Crippen LogP contribution in [0.5, 0.6) is 0 Å². The highest BCUT2D eigenvalue weighted by Gasteiger charge is 2.17. The van der Waals surface area contributed by atoms with Gasteiger partial charge in [0, 0.05) is 11.1 Å². The van der Waals surface area contributed by atoms with Crippen LogP contribution in [0.2, 0.25) is 0 Å². The van der Waals surface area contributed by atoms with Crippen LogP contribution in [0.1, 0.15) is 29.1 Å². The van der Waals surface area contributed by atoms with Gasteiger partial charge in [-0.25, -0.2) is 4.98 Å². The lowest BCUT2D eigenvalue weighted by Gasteiger charge is -2.09. The third-order valence-corrected chi connectivity index (χ3v) is 3.92. The van der Waals surface area contributed by atoms with Gasteiger partial charge in [-0.3, -0.25) is 4.98 Å². The van der Waals surface area contributed by atoms with Crippen LogP contribution in [0, 0.1) is 6.92 Å². The van der Waals surface area contributed by atoms with Crippen molar-refractivity contribution in [1.82, 2.24) is 9.97 Å². The molecule has 1 unspecified atom stereocenters. The molecule has 0 aliphatic carbocycles. The Morgan fingerprint density at radius 3 is 2.88 bits per heavy atom. The summed E-state index contributed by atoms with van der Waals surface area (Å²) in [5.41, 5.74) is 7.61. The molecule has 0 spiro atoms. The molecule has 3 nitrogen and oxygen atoms in total. The molecule has 0 aromatic carbocycles. The molecular formula is C13H17N3S. The third kappa shape index (κ3) is 2.70. The summed E-state index contributed by atoms with van der Waals surface area (Å²) >= 11 is 1.75. The standard InChI is InChI=1S/C13H17N3S/c1-9(6-7-14)13-12(16-10(2)17-13)11-5-3-4-8-15-11/h3-5,8-9H,6-7,14H2,1-2H3. The molecule has 17 heavy (non-hydrogen) atoms. The van der Waals surface area contributed by atoms with Crippen LogP contribution >= 0.6 is 11.3 Å². The summed E-state index contributed by atoms with van der Waals surface area (Å²) in [6.07, 6.45) is 2.79. The highest BCUT2D eigenvalue weighted by molar-refractivity contribution is 7.12. The Balaban J connectivity index is 2.40. The van der Waals surface area contributed by atoms with Crippen LogP contribution in [-0.2, 0) is 0 Å². The molecule has 2 N–H and O–H groups in total. The summed E-state index contributed by atoms with van der Waals surface area (Å²) in [5.74, 6) is 0.447. The van der Waals surface area contributed by atoms with Crippen molar-refractivity contribution in [3.8, 4) is 11.4 Å². The Morgan fingerprint density at radius 2 is 2.24 bits per heavy atom. The maximum absolute atomic E-state index is 5.63. The van der Waals surface area contributed by atoms with Crippen molar-refractivity contribution in [1.29, 1.82) is 0 Å². The smallest absolute Gasteiger partial charge is 0.103 e. The van der Waals surface area contributed by atoms with Crippen molar-refractivity contribution in [2.75, 3.05) is 6.54 Å². The zero-order valence-corrected chi connectivity index (χ0v) is 11.0. The number of nitrogens with zero attached hydrogens (tertiary/aromatic N) is 2. The van der Waals surface area contributed by atoms with Gasteiger partial charge in [0.1, 0.15) is 5.69 Å². The van der Waals surface area contributed by atoms with Crippen molar-refractivity contribution in [2.24, 2.45) is 5.73 Å². The van der Waals surface area contributed by atoms with Crippen LogP contribution in [0.4, 0.5) is 0 Å². The number of aryl methyl sites for hydroxylation is 1. The molecule has 0 saturated carbocycles. The SMILES string of the molecule is Cc1nc(-c2ccccn2)c(C(C)CCN)s1. The lowest BCUT2D eigenvalue weighted by molar-refractivity contribution is 0.701. The molecule has 2 rings (SSSR count). The Hall–Kier alpha value is -1.26. The first-order valence-corrected chi connectivity index (χ1v) is 6.62. The van der Waals surface area contributed by atoms with Crippen molar-refractivity contribution in [3.63, 3.8) is 0 Å². The van der Waals surface area contributed by atoms with Crippen molar-refractivity contribution >= 4 is 11.3 Å². The van der Waals surface area contributed by atoms with Gasteiger partial charge < -0.3 is 5.73 Å². The Morgan fingerprint density at radius 1 is 1.41 bits per heavy atom. The molecule has 2 aromatic rings. The maximum Gasteiger partial charge on any atom is 0.103 e. The second-order valence-corrected chi connectivity index (χ2v) is 5.37. The maximum atomic E-state index is 5.63. The van der Waals surface area contributed by atoms with Crippen molar-refractivity contribution in [2.45, 2.75) is 26.2 Å². The molecule has 0 radical (unpaired) electrons. The fourth-order valence-electron chi connectivity index (χ4n) is 1.84. The van der Waals surface area contributed by atoms with E-state index in [1.165, 1.54) is 4.88 Å². The summed E-state index contributed by atoms with van der Waals surface area (Å²) in [6, 6.07) is 5.92. The van der Waals surface area contributed by atoms with Gasteiger partial charge in [-0.2, -0.15) is 0 Å². The van der Waals surface area contributed by atoms with Gasteiger partial charge in [-0.15, -0.1) is 11.3 Å². The minimum absolute atomic E-state index is 0.447. The molecule has 2 aromatic heterocycles. The van der Waals surface area contributed by atoms with Gasteiger partial charge in [0.25, 0.3) is 0 Å². The number of hydrogen-bond donors (Lipinski definition) is 1. The Kier molecular flexibility index (Phi) is 3.86. The summed E-state index contributed by atoms with van der Waals surface area (Å²) in [4.78, 5) is 10.3. The Labute approximate surface area is 106 Å². The average molecular weight is 247 g/mol. The number of rotatable bonds is 4. The van der Waals surface area contributed by atoms with E-state index in [0.29, 0.717) is 12.5 Å². The predicted octanol–water partition coefficient (Wildman–Crippen LogP) is 2.97. The first kappa shape index (κ1) is 12.2. The van der Waals surface area contributed by atoms with E-state index in [1.807, 2.05) is 25.1 Å². The van der Waals surface area contributed by atoms with E-state index in [0.717, 1.165) is 22.8 Å². The monoisotopic (exact) mass is 247 g/mol.